The second-order valence-corrected chi connectivity index (χ2v) is 5.59. The second-order valence-electron chi connectivity index (χ2n) is 4.56. The Morgan fingerprint density at radius 2 is 2.22 bits per heavy atom. The van der Waals surface area contributed by atoms with E-state index in [4.69, 9.17) is 0 Å². The average molecular weight is 264 g/mol. The minimum atomic E-state index is -0.871. The highest BCUT2D eigenvalue weighted by molar-refractivity contribution is 7.09. The van der Waals surface area contributed by atoms with Gasteiger partial charge in [-0.2, -0.15) is 5.26 Å². The van der Waals surface area contributed by atoms with E-state index in [9.17, 15) is 10.1 Å². The molecule has 1 atom stereocenters. The predicted molar refractivity (Wildman–Crippen MR) is 74.3 cm³/mol. The van der Waals surface area contributed by atoms with Crippen LogP contribution in [0.2, 0.25) is 0 Å². The molecule has 1 N–H and O–H groups in total. The molecule has 0 aliphatic rings. The van der Waals surface area contributed by atoms with Gasteiger partial charge in [-0.25, -0.2) is 0 Å². The Kier molecular flexibility index (Phi) is 5.36. The monoisotopic (exact) mass is 264 g/mol. The number of nitrogens with one attached hydrogen (secondary N) is 1. The van der Waals surface area contributed by atoms with Gasteiger partial charge >= 0.3 is 0 Å². The minimum Gasteiger partial charge on any atom is -0.352 e. The lowest BCUT2D eigenvalue weighted by Crippen LogP contribution is -2.44. The van der Waals surface area contributed by atoms with Crippen molar-refractivity contribution in [2.24, 2.45) is 5.41 Å². The van der Waals surface area contributed by atoms with Crippen LogP contribution in [0.15, 0.2) is 17.5 Å². The topological polar surface area (TPSA) is 52.9 Å². The molecule has 0 saturated heterocycles. The highest BCUT2D eigenvalue weighted by Gasteiger charge is 2.35. The summed E-state index contributed by atoms with van der Waals surface area (Å²) in [5.41, 5.74) is -0.871. The summed E-state index contributed by atoms with van der Waals surface area (Å²) in [6, 6.07) is 6.29. The van der Waals surface area contributed by atoms with E-state index in [1.165, 1.54) is 4.88 Å². The van der Waals surface area contributed by atoms with Crippen molar-refractivity contribution >= 4 is 17.2 Å². The van der Waals surface area contributed by atoms with Gasteiger partial charge in [-0.05, 0) is 31.2 Å². The van der Waals surface area contributed by atoms with Gasteiger partial charge in [0.05, 0.1) is 6.07 Å². The van der Waals surface area contributed by atoms with E-state index in [0.717, 1.165) is 6.42 Å². The maximum absolute atomic E-state index is 12.2. The molecular formula is C14H20N2OS. The molecule has 0 saturated carbocycles. The van der Waals surface area contributed by atoms with Gasteiger partial charge in [0, 0.05) is 17.3 Å². The first-order chi connectivity index (χ1) is 8.57. The van der Waals surface area contributed by atoms with E-state index < -0.39 is 5.41 Å². The van der Waals surface area contributed by atoms with E-state index in [1.54, 1.807) is 11.3 Å². The SMILES string of the molecule is CCC(C#N)(CC)C(=O)NC(C)Cc1cccs1. The molecule has 1 heterocycles. The zero-order chi connectivity index (χ0) is 13.6. The Balaban J connectivity index is 2.61. The summed E-state index contributed by atoms with van der Waals surface area (Å²) < 4.78 is 0. The Morgan fingerprint density at radius 3 is 2.67 bits per heavy atom. The van der Waals surface area contributed by atoms with Crippen LogP contribution in [0.3, 0.4) is 0 Å². The lowest BCUT2D eigenvalue weighted by atomic mass is 9.83. The number of thiophene rings is 1. The molecule has 1 rings (SSSR count). The fraction of sp³-hybridized carbons (Fsp3) is 0.571. The Morgan fingerprint density at radius 1 is 1.56 bits per heavy atom. The number of carbonyl (C=O) groups excluding carboxylic acids is 1. The first-order valence-corrected chi connectivity index (χ1v) is 7.20. The third-order valence-corrected chi connectivity index (χ3v) is 4.22. The molecule has 98 valence electrons. The van der Waals surface area contributed by atoms with E-state index in [-0.39, 0.29) is 11.9 Å². The number of nitrogens with zero attached hydrogens (tertiary/aromatic N) is 1. The van der Waals surface area contributed by atoms with E-state index in [2.05, 4.69) is 17.5 Å². The molecule has 18 heavy (non-hydrogen) atoms. The maximum Gasteiger partial charge on any atom is 0.240 e. The molecule has 3 nitrogen and oxygen atoms in total. The smallest absolute Gasteiger partial charge is 0.240 e. The fourth-order valence-corrected chi connectivity index (χ4v) is 2.76. The number of rotatable bonds is 6. The fourth-order valence-electron chi connectivity index (χ4n) is 1.92. The van der Waals surface area contributed by atoms with Crippen molar-refractivity contribution in [2.45, 2.75) is 46.1 Å². The molecule has 0 spiro atoms. The summed E-state index contributed by atoms with van der Waals surface area (Å²) in [6.45, 7) is 5.75. The highest BCUT2D eigenvalue weighted by Crippen LogP contribution is 2.25. The van der Waals surface area contributed by atoms with Crippen LogP contribution >= 0.6 is 11.3 Å². The van der Waals surface area contributed by atoms with Crippen LogP contribution in [0.1, 0.15) is 38.5 Å². The Bertz CT molecular complexity index is 416. The summed E-state index contributed by atoms with van der Waals surface area (Å²) in [4.78, 5) is 13.4. The summed E-state index contributed by atoms with van der Waals surface area (Å²) in [6.07, 6.45) is 1.92. The van der Waals surface area contributed by atoms with Crippen molar-refractivity contribution in [1.82, 2.24) is 5.32 Å². The molecule has 0 fully saturated rings. The van der Waals surface area contributed by atoms with Gasteiger partial charge in [0.25, 0.3) is 0 Å². The van der Waals surface area contributed by atoms with Crippen LogP contribution in [0.25, 0.3) is 0 Å². The van der Waals surface area contributed by atoms with Crippen molar-refractivity contribution < 1.29 is 4.79 Å². The van der Waals surface area contributed by atoms with Crippen LogP contribution in [0.4, 0.5) is 0 Å². The van der Waals surface area contributed by atoms with Crippen molar-refractivity contribution in [3.8, 4) is 6.07 Å². The van der Waals surface area contributed by atoms with E-state index >= 15 is 0 Å². The van der Waals surface area contributed by atoms with Crippen LogP contribution in [0, 0.1) is 16.7 Å². The van der Waals surface area contributed by atoms with Crippen LogP contribution in [-0.2, 0) is 11.2 Å². The summed E-state index contributed by atoms with van der Waals surface area (Å²) >= 11 is 1.69. The first-order valence-electron chi connectivity index (χ1n) is 6.32. The number of hydrogen-bond donors (Lipinski definition) is 1. The molecule has 0 radical (unpaired) electrons. The third-order valence-electron chi connectivity index (χ3n) is 3.32. The number of carbonyl (C=O) groups is 1. The van der Waals surface area contributed by atoms with Crippen molar-refractivity contribution in [2.75, 3.05) is 0 Å². The van der Waals surface area contributed by atoms with E-state index in [0.29, 0.717) is 12.8 Å². The average Bonchev–Trinajstić information content (AvgIpc) is 2.84. The number of hydrogen-bond acceptors (Lipinski definition) is 3. The molecule has 0 aromatic carbocycles. The molecule has 1 aromatic heterocycles. The van der Waals surface area contributed by atoms with Crippen molar-refractivity contribution in [3.63, 3.8) is 0 Å². The maximum atomic E-state index is 12.2. The van der Waals surface area contributed by atoms with Gasteiger partial charge in [0.15, 0.2) is 0 Å². The quantitative estimate of drug-likeness (QED) is 0.858. The first kappa shape index (κ1) is 14.7. The molecule has 0 aliphatic carbocycles. The number of amides is 1. The second kappa shape index (κ2) is 6.55. The van der Waals surface area contributed by atoms with Gasteiger partial charge in [-0.3, -0.25) is 4.79 Å². The van der Waals surface area contributed by atoms with Gasteiger partial charge in [0.2, 0.25) is 5.91 Å². The number of nitriles is 1. The summed E-state index contributed by atoms with van der Waals surface area (Å²) in [5, 5.41) is 14.2. The lowest BCUT2D eigenvalue weighted by Gasteiger charge is -2.24. The summed E-state index contributed by atoms with van der Waals surface area (Å²) in [5.74, 6) is -0.140. The minimum absolute atomic E-state index is 0.0574. The zero-order valence-electron chi connectivity index (χ0n) is 11.2. The van der Waals surface area contributed by atoms with Gasteiger partial charge < -0.3 is 5.32 Å². The van der Waals surface area contributed by atoms with Crippen LogP contribution in [0.5, 0.6) is 0 Å². The van der Waals surface area contributed by atoms with Crippen molar-refractivity contribution in [3.05, 3.63) is 22.4 Å². The molecule has 0 bridgehead atoms. The molecule has 4 heteroatoms. The zero-order valence-corrected chi connectivity index (χ0v) is 12.0. The van der Waals surface area contributed by atoms with Crippen molar-refractivity contribution in [1.29, 1.82) is 5.26 Å². The van der Waals surface area contributed by atoms with Crippen LogP contribution < -0.4 is 5.32 Å². The predicted octanol–water partition coefficient (Wildman–Crippen LogP) is 3.13. The molecule has 1 unspecified atom stereocenters. The van der Waals surface area contributed by atoms with Gasteiger partial charge in [0.1, 0.15) is 5.41 Å². The Labute approximate surface area is 113 Å². The molecule has 1 amide bonds. The molecular weight excluding hydrogens is 244 g/mol. The van der Waals surface area contributed by atoms with Gasteiger partial charge in [-0.1, -0.05) is 19.9 Å². The van der Waals surface area contributed by atoms with Crippen LogP contribution in [-0.4, -0.2) is 11.9 Å². The molecule has 1 aromatic rings. The molecule has 0 aliphatic heterocycles. The van der Waals surface area contributed by atoms with Gasteiger partial charge in [-0.15, -0.1) is 11.3 Å². The van der Waals surface area contributed by atoms with E-state index in [1.807, 2.05) is 32.2 Å². The lowest BCUT2D eigenvalue weighted by molar-refractivity contribution is -0.129. The normalized spacial score (nSPS) is 12.8. The third kappa shape index (κ3) is 3.33. The summed E-state index contributed by atoms with van der Waals surface area (Å²) in [7, 11) is 0. The standard InChI is InChI=1S/C14H20N2OS/c1-4-14(5-2,10-15)13(17)16-11(3)9-12-7-6-8-18-12/h6-8,11H,4-5,9H2,1-3H3,(H,16,17). The largest absolute Gasteiger partial charge is 0.352 e. The highest BCUT2D eigenvalue weighted by atomic mass is 32.1. The Hall–Kier alpha value is -1.34.